The lowest BCUT2D eigenvalue weighted by molar-refractivity contribution is -0.131. The van der Waals surface area contributed by atoms with Gasteiger partial charge in [-0.3, -0.25) is 14.2 Å². The van der Waals surface area contributed by atoms with Gasteiger partial charge in [0.1, 0.15) is 24.6 Å². The quantitative estimate of drug-likeness (QED) is 0.473. The maximum absolute atomic E-state index is 13.0. The number of aromatic hydroxyl groups is 1. The molecule has 1 aromatic heterocycles. The van der Waals surface area contributed by atoms with Gasteiger partial charge in [0.05, 0.1) is 17.2 Å². The highest BCUT2D eigenvalue weighted by molar-refractivity contribution is 5.89. The smallest absolute Gasteiger partial charge is 0.338 e. The first-order chi connectivity index (χ1) is 17.1. The van der Waals surface area contributed by atoms with E-state index in [1.165, 1.54) is 17.7 Å². The molecule has 2 N–H and O–H groups in total. The Balaban J connectivity index is 1.76. The molecule has 0 aliphatic carbocycles. The number of rotatable bonds is 10. The maximum atomic E-state index is 13.0. The van der Waals surface area contributed by atoms with Crippen LogP contribution in [0.2, 0.25) is 0 Å². The zero-order valence-corrected chi connectivity index (χ0v) is 21.4. The van der Waals surface area contributed by atoms with Crippen molar-refractivity contribution in [1.82, 2.24) is 14.8 Å². The first-order valence-corrected chi connectivity index (χ1v) is 11.9. The number of ether oxygens (including phenoxy) is 3. The normalized spacial score (nSPS) is 20.3. The van der Waals surface area contributed by atoms with Crippen LogP contribution in [0.3, 0.4) is 0 Å². The van der Waals surface area contributed by atoms with Gasteiger partial charge >= 0.3 is 5.97 Å². The predicted molar refractivity (Wildman–Crippen MR) is 133 cm³/mol. The van der Waals surface area contributed by atoms with Crippen molar-refractivity contribution in [3.63, 3.8) is 0 Å². The van der Waals surface area contributed by atoms with Crippen molar-refractivity contribution in [2.45, 2.75) is 51.7 Å². The molecule has 196 valence electrons. The lowest BCUT2D eigenvalue weighted by Crippen LogP contribution is -2.37. The number of hydrogen-bond acceptors (Lipinski definition) is 8. The largest absolute Gasteiger partial charge is 0.507 e. The molecule has 0 saturated carbocycles. The molecule has 2 aromatic rings. The molecule has 1 aromatic carbocycles. The van der Waals surface area contributed by atoms with E-state index in [2.05, 4.69) is 5.32 Å². The average Bonchev–Trinajstić information content (AvgIpc) is 3.28. The summed E-state index contributed by atoms with van der Waals surface area (Å²) >= 11 is 0. The summed E-state index contributed by atoms with van der Waals surface area (Å²) in [7, 11) is 3.82. The van der Waals surface area contributed by atoms with Gasteiger partial charge in [0.2, 0.25) is 5.91 Å². The average molecular weight is 502 g/mol. The van der Waals surface area contributed by atoms with E-state index in [1.54, 1.807) is 38.1 Å². The van der Waals surface area contributed by atoms with Crippen LogP contribution < -0.4 is 10.9 Å². The Hall–Kier alpha value is -3.21. The molecule has 1 saturated heterocycles. The SMILES string of the molecule is Cc1cn(C2OC(C(C)OC(=O)c3ccccc3)CC2OCC(=O)NCCN(C)C)c(=O)c(C)c1O. The Morgan fingerprint density at radius 1 is 1.25 bits per heavy atom. The second-order valence-corrected chi connectivity index (χ2v) is 9.28. The van der Waals surface area contributed by atoms with Crippen LogP contribution in [0.4, 0.5) is 0 Å². The molecule has 2 heterocycles. The fraction of sp³-hybridized carbons (Fsp3) is 0.500. The number of likely N-dealkylation sites (N-methyl/N-ethyl adjacent to an activating group) is 1. The minimum atomic E-state index is -0.868. The topological polar surface area (TPSA) is 119 Å². The van der Waals surface area contributed by atoms with E-state index in [-0.39, 0.29) is 23.8 Å². The van der Waals surface area contributed by atoms with Crippen LogP contribution in [0, 0.1) is 13.8 Å². The molecule has 0 bridgehead atoms. The molecule has 36 heavy (non-hydrogen) atoms. The molecule has 4 atom stereocenters. The highest BCUT2D eigenvalue weighted by Crippen LogP contribution is 2.34. The molecule has 1 amide bonds. The summed E-state index contributed by atoms with van der Waals surface area (Å²) in [5.74, 6) is -0.844. The minimum absolute atomic E-state index is 0.0753. The fourth-order valence-corrected chi connectivity index (χ4v) is 4.01. The summed E-state index contributed by atoms with van der Waals surface area (Å²) in [6, 6.07) is 8.63. The van der Waals surface area contributed by atoms with Crippen molar-refractivity contribution >= 4 is 11.9 Å². The van der Waals surface area contributed by atoms with E-state index in [0.717, 1.165) is 0 Å². The summed E-state index contributed by atoms with van der Waals surface area (Å²) in [5.41, 5.74) is 0.678. The van der Waals surface area contributed by atoms with Gasteiger partial charge in [-0.1, -0.05) is 18.2 Å². The first-order valence-electron chi connectivity index (χ1n) is 11.9. The number of nitrogens with one attached hydrogen (secondary N) is 1. The monoisotopic (exact) mass is 501 g/mol. The van der Waals surface area contributed by atoms with Gasteiger partial charge in [-0.05, 0) is 47.0 Å². The number of benzene rings is 1. The van der Waals surface area contributed by atoms with E-state index < -0.39 is 36.1 Å². The van der Waals surface area contributed by atoms with Gasteiger partial charge in [0, 0.05) is 31.3 Å². The number of aryl methyl sites for hydroxylation is 1. The van der Waals surface area contributed by atoms with E-state index in [1.807, 2.05) is 25.1 Å². The molecule has 1 fully saturated rings. The van der Waals surface area contributed by atoms with Crippen LogP contribution >= 0.6 is 0 Å². The van der Waals surface area contributed by atoms with E-state index in [4.69, 9.17) is 14.2 Å². The van der Waals surface area contributed by atoms with Crippen LogP contribution in [0.25, 0.3) is 0 Å². The van der Waals surface area contributed by atoms with Crippen LogP contribution in [0.5, 0.6) is 5.75 Å². The second-order valence-electron chi connectivity index (χ2n) is 9.28. The minimum Gasteiger partial charge on any atom is -0.507 e. The summed E-state index contributed by atoms with van der Waals surface area (Å²) < 4.78 is 19.1. The number of carbonyl (C=O) groups is 2. The standard InChI is InChI=1S/C26H35N3O7/c1-16-14-29(24(32)17(2)23(16)31)25-21(34-15-22(30)27-11-12-28(4)5)13-20(36-25)18(3)35-26(33)19-9-7-6-8-10-19/h6-10,14,18,20-21,25,31H,11-13,15H2,1-5H3,(H,27,30). The second kappa shape index (κ2) is 12.2. The molecular weight excluding hydrogens is 466 g/mol. The number of aromatic nitrogens is 1. The van der Waals surface area contributed by atoms with Crippen LogP contribution in [0.15, 0.2) is 41.3 Å². The van der Waals surface area contributed by atoms with Crippen molar-refractivity contribution in [3.8, 4) is 5.75 Å². The Labute approximate surface area is 210 Å². The number of carbonyl (C=O) groups excluding carboxylic acids is 2. The number of amides is 1. The Morgan fingerprint density at radius 2 is 1.94 bits per heavy atom. The summed E-state index contributed by atoms with van der Waals surface area (Å²) in [6.45, 7) is 5.89. The number of hydrogen-bond donors (Lipinski definition) is 2. The molecule has 0 spiro atoms. The van der Waals surface area contributed by atoms with Crippen molar-refractivity contribution < 1.29 is 28.9 Å². The van der Waals surface area contributed by atoms with E-state index >= 15 is 0 Å². The van der Waals surface area contributed by atoms with E-state index in [9.17, 15) is 19.5 Å². The molecule has 3 rings (SSSR count). The zero-order chi connectivity index (χ0) is 26.4. The van der Waals surface area contributed by atoms with Crippen LogP contribution in [-0.4, -0.2) is 78.6 Å². The third-order valence-electron chi connectivity index (χ3n) is 6.12. The third-order valence-corrected chi connectivity index (χ3v) is 6.12. The van der Waals surface area contributed by atoms with E-state index in [0.29, 0.717) is 30.6 Å². The lowest BCUT2D eigenvalue weighted by atomic mass is 10.1. The highest BCUT2D eigenvalue weighted by Gasteiger charge is 2.42. The van der Waals surface area contributed by atoms with Gasteiger partial charge in [-0.25, -0.2) is 4.79 Å². The summed E-state index contributed by atoms with van der Waals surface area (Å²) in [4.78, 5) is 39.7. The molecule has 0 radical (unpaired) electrons. The first kappa shape index (κ1) is 27.4. The Kier molecular flexibility index (Phi) is 9.25. The van der Waals surface area contributed by atoms with Crippen LogP contribution in [-0.2, 0) is 19.0 Å². The number of nitrogens with zero attached hydrogens (tertiary/aromatic N) is 2. The molecule has 1 aliphatic rings. The lowest BCUT2D eigenvalue weighted by Gasteiger charge is -2.23. The fourth-order valence-electron chi connectivity index (χ4n) is 4.01. The highest BCUT2D eigenvalue weighted by atomic mass is 16.6. The molecule has 10 nitrogen and oxygen atoms in total. The Morgan fingerprint density at radius 3 is 2.61 bits per heavy atom. The number of esters is 1. The number of pyridine rings is 1. The van der Waals surface area contributed by atoms with Crippen molar-refractivity contribution in [3.05, 3.63) is 63.6 Å². The van der Waals surface area contributed by atoms with Crippen molar-refractivity contribution in [2.24, 2.45) is 0 Å². The van der Waals surface area contributed by atoms with Crippen LogP contribution in [0.1, 0.15) is 41.1 Å². The van der Waals surface area contributed by atoms with Gasteiger partial charge in [-0.2, -0.15) is 0 Å². The van der Waals surface area contributed by atoms with Gasteiger partial charge in [0.25, 0.3) is 5.56 Å². The third kappa shape index (κ3) is 6.71. The van der Waals surface area contributed by atoms with Crippen molar-refractivity contribution in [2.75, 3.05) is 33.8 Å². The van der Waals surface area contributed by atoms with Crippen molar-refractivity contribution in [1.29, 1.82) is 0 Å². The molecule has 4 unspecified atom stereocenters. The predicted octanol–water partition coefficient (Wildman–Crippen LogP) is 1.77. The summed E-state index contributed by atoms with van der Waals surface area (Å²) in [6.07, 6.45) is -0.944. The zero-order valence-electron chi connectivity index (χ0n) is 21.4. The van der Waals surface area contributed by atoms with Gasteiger partial charge < -0.3 is 29.5 Å². The summed E-state index contributed by atoms with van der Waals surface area (Å²) in [5, 5.41) is 13.0. The van der Waals surface area contributed by atoms with Gasteiger partial charge in [0.15, 0.2) is 6.23 Å². The Bertz CT molecular complexity index is 1120. The molecular formula is C26H35N3O7. The van der Waals surface area contributed by atoms with Gasteiger partial charge in [-0.15, -0.1) is 0 Å². The molecule has 1 aliphatic heterocycles. The molecule has 10 heteroatoms. The maximum Gasteiger partial charge on any atom is 0.338 e.